The average Bonchev–Trinajstić information content (AvgIpc) is 1.06. The maximum atomic E-state index is 14.5. The smallest absolute Gasteiger partial charge is 0.410 e. The second kappa shape index (κ2) is 48.2. The number of aliphatic hydroxyl groups is 1. The van der Waals surface area contributed by atoms with Crippen LogP contribution in [0.15, 0.2) is 94.7 Å². The predicted octanol–water partition coefficient (Wildman–Crippen LogP) is 10.9. The van der Waals surface area contributed by atoms with Crippen molar-refractivity contribution in [2.45, 2.75) is 212 Å². The highest BCUT2D eigenvalue weighted by Gasteiger charge is 2.42. The molecule has 3 saturated heterocycles. The van der Waals surface area contributed by atoms with Gasteiger partial charge in [-0.1, -0.05) is 75.4 Å². The number of amides is 3. The van der Waals surface area contributed by atoms with E-state index in [0.29, 0.717) is 204 Å². The molecule has 29 nitrogen and oxygen atoms in total. The molecule has 6 aliphatic rings. The highest BCUT2D eigenvalue weighted by molar-refractivity contribution is 6.38. The van der Waals surface area contributed by atoms with Crippen molar-refractivity contribution < 1.29 is 85.7 Å². The minimum atomic E-state index is -0.916. The molecule has 9 atom stereocenters. The maximum Gasteiger partial charge on any atom is 0.410 e. The Labute approximate surface area is 695 Å². The second-order valence-corrected chi connectivity index (χ2v) is 32.5. The number of nitrogens with one attached hydrogen (secondary N) is 2. The van der Waals surface area contributed by atoms with E-state index in [0.717, 1.165) is 93.3 Å². The number of methoxy groups -OCH3 is 1. The first-order chi connectivity index (χ1) is 57.2. The fourth-order valence-corrected chi connectivity index (χ4v) is 16.4. The molecule has 648 valence electrons. The van der Waals surface area contributed by atoms with Crippen LogP contribution in [0.4, 0.5) is 22.4 Å². The third kappa shape index (κ3) is 28.9. The first kappa shape index (κ1) is 91.9. The zero-order valence-corrected chi connectivity index (χ0v) is 70.3. The van der Waals surface area contributed by atoms with Gasteiger partial charge in [-0.05, 0) is 180 Å². The number of carbonyl (C=O) groups is 6. The highest BCUT2D eigenvalue weighted by atomic mass is 16.6. The number of Topliss-reactive ketones (excluding diaryl/α,β-unsaturated/α-hetero) is 2. The Kier molecular flexibility index (Phi) is 37.5. The van der Waals surface area contributed by atoms with E-state index in [2.05, 4.69) is 57.2 Å². The van der Waals surface area contributed by atoms with Gasteiger partial charge < -0.3 is 88.4 Å². The van der Waals surface area contributed by atoms with Gasteiger partial charge in [0.25, 0.3) is 11.9 Å². The maximum absolute atomic E-state index is 14.5. The number of carbonyl (C=O) groups excluding carboxylic acids is 6. The van der Waals surface area contributed by atoms with E-state index in [9.17, 15) is 33.9 Å². The van der Waals surface area contributed by atoms with Crippen LogP contribution < -0.4 is 16.8 Å². The number of nitrogens with two attached hydrogens (primary N) is 2. The Bertz CT molecular complexity index is 4020. The molecule has 2 aromatic heterocycles. The number of benzene rings is 2. The third-order valence-corrected chi connectivity index (χ3v) is 23.5. The minimum Gasteiger partial charge on any atom is -0.461 e. The standard InChI is InChI=1S/C89H129N11O18/c1-60-13-8-7-9-14-62(3)79(108-6)55-72-15-12-17-78(115-72)83(104)86(105)100-32-11-10-16-74(100)87(106)116-70(25-18-61(2)52-64(5)76(102)56-75(101)63(4)51-60)26-20-65-21-27-71(28-22-65)117-89(107)98-36-34-97(35-37-98)38-40-110-42-44-112-46-48-114-50-49-113-47-45-111-43-41-109-39-31-80(103)99-33-30-67-53-66(19-23-69(67)58-99)57-93-85-81(84(91)94-59-95-85)82(90)68-24-29-77-73(54-68)96-88(92)118-77/h7-9,13-14,19,23-24,29,52-54,59-61,63,65,70-72,74,76,78-79,90,102H,10-12,15-18,20-22,25-28,30-51,55-58H2,1-6H3,(H2,92,96)(H3,91,93,94,95)/b9-7?,13-8+,62-14?,64-52+,90-82?/t60-,61+,63-,65?,70+,71?,72?,74+,76+,78?,79+/m1/s1. The van der Waals surface area contributed by atoms with Gasteiger partial charge in [0.15, 0.2) is 5.58 Å². The molecule has 7 N–H and O–H groups in total. The first-order valence-electron chi connectivity index (χ1n) is 42.9. The van der Waals surface area contributed by atoms with Gasteiger partial charge in [-0.2, -0.15) is 4.98 Å². The molecule has 2 unspecified atom stereocenters. The Hall–Kier alpha value is -8.36. The quantitative estimate of drug-likeness (QED) is 0.0103. The van der Waals surface area contributed by atoms with Crippen molar-refractivity contribution in [3.8, 4) is 0 Å². The average molecular weight is 1640 g/mol. The molecule has 5 aliphatic heterocycles. The number of nitrogens with zero attached hydrogens (tertiary/aromatic N) is 7. The van der Waals surface area contributed by atoms with Gasteiger partial charge in [0.05, 0.1) is 115 Å². The van der Waals surface area contributed by atoms with Crippen LogP contribution in [0.3, 0.4) is 0 Å². The number of piperidine rings is 1. The summed E-state index contributed by atoms with van der Waals surface area (Å²) >= 11 is 0. The molecule has 3 amide bonds. The number of fused-ring (bicyclic) bond motifs is 5. The molecule has 0 radical (unpaired) electrons. The van der Waals surface area contributed by atoms with Crippen molar-refractivity contribution in [3.63, 3.8) is 0 Å². The molecule has 7 heterocycles. The molecular formula is C89H129N11O18. The number of anilines is 3. The van der Waals surface area contributed by atoms with Gasteiger partial charge in [0, 0.05) is 90.3 Å². The number of cyclic esters (lactones) is 1. The van der Waals surface area contributed by atoms with Crippen LogP contribution in [0.5, 0.6) is 0 Å². The normalized spacial score (nSPS) is 25.4. The zero-order chi connectivity index (χ0) is 83.7. The second-order valence-electron chi connectivity index (χ2n) is 32.5. The van der Waals surface area contributed by atoms with Gasteiger partial charge >= 0.3 is 12.1 Å². The lowest BCUT2D eigenvalue weighted by Gasteiger charge is -2.37. The van der Waals surface area contributed by atoms with Crippen molar-refractivity contribution >= 4 is 69.9 Å². The van der Waals surface area contributed by atoms with Gasteiger partial charge in [-0.15, -0.1) is 0 Å². The van der Waals surface area contributed by atoms with Gasteiger partial charge in [-0.3, -0.25) is 29.5 Å². The van der Waals surface area contributed by atoms with Crippen LogP contribution in [0, 0.1) is 29.1 Å². The molecule has 1 aliphatic carbocycles. The summed E-state index contributed by atoms with van der Waals surface area (Å²) in [6.45, 7) is 20.2. The SMILES string of the molecule is CO[C@H]1CC2CCCC(O2)C(=O)C(=O)N2CCCC[C@H]2C(=O)O[C@H](CCC2CCC(OC(=O)N3CCN(CCOCCOCCOCCOCCOCCOCCC(=O)N4CCc5cc(CNc6ncnc(N)c6C(=N)c6ccc7oc(N)nc7c6)ccc5C4)CC3)CC2)CC[C@H](C)/C=C(\C)[C@@H](O)CC(=O)[C@H](C)C[C@H](C)/C=C/C=CC=C1C. The lowest BCUT2D eigenvalue weighted by Crippen LogP contribution is -2.54. The summed E-state index contributed by atoms with van der Waals surface area (Å²) in [6.07, 6.45) is 21.7. The van der Waals surface area contributed by atoms with E-state index in [1.54, 1.807) is 30.2 Å². The predicted molar refractivity (Wildman–Crippen MR) is 448 cm³/mol. The fraction of sp³-hybridized carbons (Fsp3) is 0.640. The number of hydrogen-bond acceptors (Lipinski definition) is 26. The highest BCUT2D eigenvalue weighted by Crippen LogP contribution is 2.35. The summed E-state index contributed by atoms with van der Waals surface area (Å²) in [6, 6.07) is 10.5. The summed E-state index contributed by atoms with van der Waals surface area (Å²) in [5, 5.41) is 23.6. The molecule has 4 fully saturated rings. The molecule has 0 spiro atoms. The Morgan fingerprint density at radius 2 is 1.41 bits per heavy atom. The number of aromatic nitrogens is 3. The topological polar surface area (TPSA) is 368 Å². The van der Waals surface area contributed by atoms with Crippen molar-refractivity contribution in [2.75, 3.05) is 149 Å². The van der Waals surface area contributed by atoms with Crippen LogP contribution in [0.25, 0.3) is 11.1 Å². The van der Waals surface area contributed by atoms with E-state index >= 15 is 0 Å². The molecule has 2 aromatic carbocycles. The van der Waals surface area contributed by atoms with E-state index in [4.69, 9.17) is 68.7 Å². The number of nitrogen functional groups attached to an aromatic ring is 2. The summed E-state index contributed by atoms with van der Waals surface area (Å²) in [7, 11) is 1.66. The number of oxazole rings is 1. The summed E-state index contributed by atoms with van der Waals surface area (Å²) in [4.78, 5) is 103. The van der Waals surface area contributed by atoms with Crippen molar-refractivity contribution in [1.29, 1.82) is 5.41 Å². The molecular weight excluding hydrogens is 1510 g/mol. The lowest BCUT2D eigenvalue weighted by molar-refractivity contribution is -0.167. The minimum absolute atomic E-state index is 0.000834. The Morgan fingerprint density at radius 3 is 2.13 bits per heavy atom. The van der Waals surface area contributed by atoms with Gasteiger partial charge in [0.2, 0.25) is 11.7 Å². The number of aliphatic hydroxyl groups excluding tert-OH is 1. The zero-order valence-electron chi connectivity index (χ0n) is 70.3. The van der Waals surface area contributed by atoms with Crippen LogP contribution in [0.2, 0.25) is 0 Å². The number of rotatable bonds is 31. The number of piperazine rings is 1. The monoisotopic (exact) mass is 1640 g/mol. The van der Waals surface area contributed by atoms with Crippen LogP contribution in [-0.4, -0.2) is 256 Å². The largest absolute Gasteiger partial charge is 0.461 e. The van der Waals surface area contributed by atoms with Crippen molar-refractivity contribution in [3.05, 3.63) is 118 Å². The summed E-state index contributed by atoms with van der Waals surface area (Å²) in [5.74, 6) is -0.924. The van der Waals surface area contributed by atoms with Crippen LogP contribution in [0.1, 0.15) is 178 Å². The Balaban J connectivity index is 0.539. The summed E-state index contributed by atoms with van der Waals surface area (Å²) < 4.78 is 64.5. The van der Waals surface area contributed by atoms with Crippen molar-refractivity contribution in [2.24, 2.45) is 23.7 Å². The van der Waals surface area contributed by atoms with E-state index in [-0.39, 0.29) is 90.8 Å². The number of esters is 1. The van der Waals surface area contributed by atoms with E-state index in [1.165, 1.54) is 16.8 Å². The van der Waals surface area contributed by atoms with Gasteiger partial charge in [-0.25, -0.2) is 19.6 Å². The molecule has 10 rings (SSSR count). The fourth-order valence-electron chi connectivity index (χ4n) is 16.4. The lowest BCUT2D eigenvalue weighted by atomic mass is 9.83. The molecule has 2 bridgehead atoms. The molecule has 118 heavy (non-hydrogen) atoms. The van der Waals surface area contributed by atoms with Crippen LogP contribution >= 0.6 is 0 Å². The van der Waals surface area contributed by atoms with E-state index in [1.807, 2.05) is 62.1 Å². The number of hydrogen-bond donors (Lipinski definition) is 5. The van der Waals surface area contributed by atoms with E-state index < -0.39 is 42.0 Å². The number of ketones is 2. The third-order valence-electron chi connectivity index (χ3n) is 23.5. The first-order valence-corrected chi connectivity index (χ1v) is 42.9. The number of ether oxygens (including phenoxy) is 10. The molecule has 1 saturated carbocycles. The van der Waals surface area contributed by atoms with Gasteiger partial charge in [0.1, 0.15) is 53.6 Å². The number of allylic oxidation sites excluding steroid dienone is 6. The van der Waals surface area contributed by atoms with Crippen molar-refractivity contribution in [1.82, 2.24) is 34.6 Å². The summed E-state index contributed by atoms with van der Waals surface area (Å²) in [5.41, 5.74) is 19.1. The molecule has 4 aromatic rings. The molecule has 29 heteroatoms. The Morgan fingerprint density at radius 1 is 0.695 bits per heavy atom. The van der Waals surface area contributed by atoms with Crippen LogP contribution in [-0.2, 0) is 90.9 Å².